The van der Waals surface area contributed by atoms with E-state index >= 15 is 0 Å². The molecule has 0 saturated carbocycles. The van der Waals surface area contributed by atoms with Gasteiger partial charge in [-0.3, -0.25) is 4.79 Å². The molecule has 0 spiro atoms. The van der Waals surface area contributed by atoms with Crippen LogP contribution in [0.4, 0.5) is 0 Å². The third kappa shape index (κ3) is 7.21. The highest BCUT2D eigenvalue weighted by Gasteiger charge is 2.24. The Labute approximate surface area is 189 Å². The minimum Gasteiger partial charge on any atom is -0.497 e. The number of hydrogen-bond donors (Lipinski definition) is 1. The highest BCUT2D eigenvalue weighted by molar-refractivity contribution is 7.90. The molecule has 0 saturated heterocycles. The quantitative estimate of drug-likeness (QED) is 0.482. The molecule has 1 atom stereocenters. The summed E-state index contributed by atoms with van der Waals surface area (Å²) in [6.07, 6.45) is 1.60. The summed E-state index contributed by atoms with van der Waals surface area (Å²) in [7, 11) is -4.13. The average molecular weight is 485 g/mol. The van der Waals surface area contributed by atoms with Gasteiger partial charge in [-0.15, -0.1) is 0 Å². The number of benzene rings is 2. The molecule has 2 aromatic rings. The first-order valence-electron chi connectivity index (χ1n) is 9.78. The van der Waals surface area contributed by atoms with Crippen molar-refractivity contribution >= 4 is 25.8 Å². The zero-order valence-electron chi connectivity index (χ0n) is 18.4. The Bertz CT molecular complexity index is 1130. The van der Waals surface area contributed by atoms with Gasteiger partial charge in [-0.05, 0) is 55.8 Å². The monoisotopic (exact) mass is 484 g/mol. The van der Waals surface area contributed by atoms with Gasteiger partial charge < -0.3 is 14.4 Å². The molecule has 2 rings (SSSR count). The van der Waals surface area contributed by atoms with E-state index in [0.717, 1.165) is 6.26 Å². The Balaban J connectivity index is 1.85. The smallest absolute Gasteiger partial charge is 0.241 e. The van der Waals surface area contributed by atoms with Gasteiger partial charge in [-0.2, -0.15) is 4.72 Å². The van der Waals surface area contributed by atoms with E-state index in [1.54, 1.807) is 19.2 Å². The first-order valence-corrected chi connectivity index (χ1v) is 13.2. The number of carbonyl (C=O) groups is 1. The number of methoxy groups -OCH3 is 1. The van der Waals surface area contributed by atoms with Crippen LogP contribution >= 0.6 is 0 Å². The summed E-state index contributed by atoms with van der Waals surface area (Å²) in [6.45, 7) is 2.07. The van der Waals surface area contributed by atoms with Gasteiger partial charge in [0.1, 0.15) is 11.5 Å². The number of nitrogens with one attached hydrogen (secondary N) is 1. The summed E-state index contributed by atoms with van der Waals surface area (Å²) in [6, 6.07) is 11.1. The minimum absolute atomic E-state index is 0.0327. The van der Waals surface area contributed by atoms with E-state index < -0.39 is 25.9 Å². The molecule has 0 radical (unpaired) electrons. The number of carbonyl (C=O) groups excluding carboxylic acids is 1. The van der Waals surface area contributed by atoms with E-state index in [4.69, 9.17) is 9.47 Å². The molecule has 0 unspecified atom stereocenters. The van der Waals surface area contributed by atoms with Crippen LogP contribution in [-0.2, 0) is 24.7 Å². The zero-order valence-corrected chi connectivity index (χ0v) is 20.1. The third-order valence-corrected chi connectivity index (χ3v) is 7.26. The van der Waals surface area contributed by atoms with Gasteiger partial charge in [0.15, 0.2) is 9.84 Å². The maximum Gasteiger partial charge on any atom is 0.241 e. The second-order valence-electron chi connectivity index (χ2n) is 7.23. The Hall–Kier alpha value is -2.63. The van der Waals surface area contributed by atoms with Crippen LogP contribution < -0.4 is 14.2 Å². The Morgan fingerprint density at radius 2 is 1.69 bits per heavy atom. The number of ether oxygens (including phenoxy) is 2. The van der Waals surface area contributed by atoms with Crippen LogP contribution in [0, 0.1) is 0 Å². The number of sulfone groups is 1. The van der Waals surface area contributed by atoms with Crippen LogP contribution in [0.5, 0.6) is 11.5 Å². The van der Waals surface area contributed by atoms with Gasteiger partial charge in [-0.1, -0.05) is 6.07 Å². The van der Waals surface area contributed by atoms with Crippen LogP contribution in [0.3, 0.4) is 0 Å². The lowest BCUT2D eigenvalue weighted by Crippen LogP contribution is -2.45. The van der Waals surface area contributed by atoms with Crippen molar-refractivity contribution in [2.45, 2.75) is 29.2 Å². The fraction of sp³-hybridized carbons (Fsp3) is 0.381. The molecule has 0 bridgehead atoms. The normalized spacial score (nSPS) is 12.8. The van der Waals surface area contributed by atoms with Crippen molar-refractivity contribution in [2.75, 3.05) is 33.6 Å². The molecule has 1 N–H and O–H groups in total. The first-order chi connectivity index (χ1) is 14.9. The third-order valence-electron chi connectivity index (χ3n) is 4.59. The first kappa shape index (κ1) is 25.6. The lowest BCUT2D eigenvalue weighted by Gasteiger charge is -2.22. The summed E-state index contributed by atoms with van der Waals surface area (Å²) in [5, 5.41) is 0. The fourth-order valence-corrected chi connectivity index (χ4v) is 4.69. The number of likely N-dealkylation sites (N-methyl/N-ethyl adjacent to an activating group) is 1. The highest BCUT2D eigenvalue weighted by atomic mass is 32.2. The second kappa shape index (κ2) is 10.8. The molecule has 0 aromatic heterocycles. The largest absolute Gasteiger partial charge is 0.497 e. The summed E-state index contributed by atoms with van der Waals surface area (Å²) in [5.41, 5.74) is 0. The molecule has 11 heteroatoms. The molecule has 0 fully saturated rings. The standard InChI is InChI=1S/C21H28N2O7S2/c1-16(22-32(27,28)19-11-9-17(29-3)10-12-19)21(24)23(2)13-6-14-30-18-7-5-8-20(15-18)31(4,25)26/h5,7-12,15-16,22H,6,13-14H2,1-4H3/t16-/m0/s1. The Kier molecular flexibility index (Phi) is 8.65. The molecule has 0 heterocycles. The van der Waals surface area contributed by atoms with Crippen molar-refractivity contribution in [2.24, 2.45) is 0 Å². The van der Waals surface area contributed by atoms with E-state index in [-0.39, 0.29) is 22.3 Å². The lowest BCUT2D eigenvalue weighted by molar-refractivity contribution is -0.131. The predicted molar refractivity (Wildman–Crippen MR) is 120 cm³/mol. The second-order valence-corrected chi connectivity index (χ2v) is 11.0. The minimum atomic E-state index is -3.87. The summed E-state index contributed by atoms with van der Waals surface area (Å²) < 4.78 is 61.2. The van der Waals surface area contributed by atoms with E-state index in [2.05, 4.69) is 4.72 Å². The molecule has 1 amide bonds. The number of sulfonamides is 1. The van der Waals surface area contributed by atoms with Crippen molar-refractivity contribution in [3.05, 3.63) is 48.5 Å². The van der Waals surface area contributed by atoms with Crippen LogP contribution in [0.2, 0.25) is 0 Å². The molecular weight excluding hydrogens is 456 g/mol. The van der Waals surface area contributed by atoms with Crippen LogP contribution in [0.1, 0.15) is 13.3 Å². The van der Waals surface area contributed by atoms with E-state index in [9.17, 15) is 21.6 Å². The maximum absolute atomic E-state index is 12.5. The van der Waals surface area contributed by atoms with E-state index in [1.165, 1.54) is 55.3 Å². The average Bonchev–Trinajstić information content (AvgIpc) is 2.75. The fourth-order valence-electron chi connectivity index (χ4n) is 2.83. The highest BCUT2D eigenvalue weighted by Crippen LogP contribution is 2.18. The number of hydrogen-bond acceptors (Lipinski definition) is 7. The predicted octanol–water partition coefficient (Wildman–Crippen LogP) is 1.69. The van der Waals surface area contributed by atoms with Crippen molar-refractivity contribution in [3.8, 4) is 11.5 Å². The summed E-state index contributed by atoms with van der Waals surface area (Å²) in [5.74, 6) is 0.557. The van der Waals surface area contributed by atoms with E-state index in [0.29, 0.717) is 24.5 Å². The van der Waals surface area contributed by atoms with Crippen molar-refractivity contribution < 1.29 is 31.1 Å². The number of nitrogens with zero attached hydrogens (tertiary/aromatic N) is 1. The number of amides is 1. The molecule has 0 aliphatic carbocycles. The van der Waals surface area contributed by atoms with Crippen molar-refractivity contribution in [1.29, 1.82) is 0 Å². The van der Waals surface area contributed by atoms with Gasteiger partial charge in [0.25, 0.3) is 0 Å². The van der Waals surface area contributed by atoms with Crippen LogP contribution in [-0.4, -0.2) is 67.2 Å². The number of rotatable bonds is 11. The summed E-state index contributed by atoms with van der Waals surface area (Å²) in [4.78, 5) is 14.2. The van der Waals surface area contributed by atoms with Crippen LogP contribution in [0.15, 0.2) is 58.3 Å². The Morgan fingerprint density at radius 1 is 1.03 bits per heavy atom. The molecular formula is C21H28N2O7S2. The molecule has 9 nitrogen and oxygen atoms in total. The van der Waals surface area contributed by atoms with Crippen LogP contribution in [0.25, 0.3) is 0 Å². The Morgan fingerprint density at radius 3 is 2.28 bits per heavy atom. The van der Waals surface area contributed by atoms with Gasteiger partial charge in [0.2, 0.25) is 15.9 Å². The van der Waals surface area contributed by atoms with E-state index in [1.807, 2.05) is 0 Å². The molecule has 176 valence electrons. The maximum atomic E-state index is 12.5. The van der Waals surface area contributed by atoms with Crippen molar-refractivity contribution in [3.63, 3.8) is 0 Å². The zero-order chi connectivity index (χ0) is 23.9. The van der Waals surface area contributed by atoms with Gasteiger partial charge in [0.05, 0.1) is 29.5 Å². The SMILES string of the molecule is COc1ccc(S(=O)(=O)N[C@@H](C)C(=O)N(C)CCCOc2cccc(S(C)(=O)=O)c2)cc1. The summed E-state index contributed by atoms with van der Waals surface area (Å²) >= 11 is 0. The molecule has 0 aliphatic rings. The molecule has 32 heavy (non-hydrogen) atoms. The van der Waals surface area contributed by atoms with Gasteiger partial charge >= 0.3 is 0 Å². The topological polar surface area (TPSA) is 119 Å². The van der Waals surface area contributed by atoms with Crippen molar-refractivity contribution in [1.82, 2.24) is 9.62 Å². The molecule has 2 aromatic carbocycles. The van der Waals surface area contributed by atoms with Gasteiger partial charge in [-0.25, -0.2) is 16.8 Å². The van der Waals surface area contributed by atoms with Gasteiger partial charge in [0, 0.05) is 19.8 Å². The lowest BCUT2D eigenvalue weighted by atomic mass is 10.3. The molecule has 0 aliphatic heterocycles.